The maximum atomic E-state index is 13.6. The number of ketones is 1. The van der Waals surface area contributed by atoms with E-state index in [2.05, 4.69) is 0 Å². The lowest BCUT2D eigenvalue weighted by molar-refractivity contribution is -0.135. The van der Waals surface area contributed by atoms with Crippen molar-refractivity contribution in [1.82, 2.24) is 4.57 Å². The summed E-state index contributed by atoms with van der Waals surface area (Å²) in [6, 6.07) is 17.7. The third-order valence-corrected chi connectivity index (χ3v) is 7.03. The summed E-state index contributed by atoms with van der Waals surface area (Å²) >= 11 is 0. The smallest absolute Gasteiger partial charge is 0.312 e. The summed E-state index contributed by atoms with van der Waals surface area (Å²) < 4.78 is 23.7. The maximum absolute atomic E-state index is 13.6. The molecule has 8 heteroatoms. The number of hydrogen-bond donors (Lipinski definition) is 0. The fourth-order valence-corrected chi connectivity index (χ4v) is 5.07. The van der Waals surface area contributed by atoms with E-state index in [-0.39, 0.29) is 29.3 Å². The largest absolute Gasteiger partial charge is 0.497 e. The van der Waals surface area contributed by atoms with Crippen LogP contribution in [0.4, 0.5) is 0 Å². The van der Waals surface area contributed by atoms with E-state index in [4.69, 9.17) is 18.9 Å². The van der Waals surface area contributed by atoms with Gasteiger partial charge >= 0.3 is 5.97 Å². The summed E-state index contributed by atoms with van der Waals surface area (Å²) in [5.74, 6) is 0.663. The average molecular weight is 510 g/mol. The van der Waals surface area contributed by atoms with Gasteiger partial charge in [0, 0.05) is 30.2 Å². The summed E-state index contributed by atoms with van der Waals surface area (Å²) in [7, 11) is 4.83. The van der Waals surface area contributed by atoms with E-state index < -0.39 is 11.9 Å². The van der Waals surface area contributed by atoms with Crippen molar-refractivity contribution in [2.24, 2.45) is 7.05 Å². The molecule has 0 N–H and O–H groups in total. The van der Waals surface area contributed by atoms with Gasteiger partial charge in [-0.2, -0.15) is 0 Å². The van der Waals surface area contributed by atoms with E-state index in [1.54, 1.807) is 63.7 Å². The number of aryl methyl sites for hydroxylation is 1. The predicted molar refractivity (Wildman–Crippen MR) is 140 cm³/mol. The van der Waals surface area contributed by atoms with Crippen LogP contribution in [0, 0.1) is 0 Å². The average Bonchev–Trinajstić information content (AvgIpc) is 3.25. The highest BCUT2D eigenvalue weighted by atomic mass is 16.5. The monoisotopic (exact) mass is 509 g/mol. The quantitative estimate of drug-likeness (QED) is 0.225. The fourth-order valence-electron chi connectivity index (χ4n) is 5.07. The van der Waals surface area contributed by atoms with Crippen molar-refractivity contribution in [3.05, 3.63) is 99.0 Å². The van der Waals surface area contributed by atoms with Gasteiger partial charge in [-0.3, -0.25) is 14.4 Å². The second-order valence-corrected chi connectivity index (χ2v) is 9.19. The molecule has 0 aliphatic carbocycles. The van der Waals surface area contributed by atoms with Crippen LogP contribution in [-0.2, 0) is 11.8 Å². The molecule has 0 saturated carbocycles. The zero-order valence-electron chi connectivity index (χ0n) is 20.9. The fraction of sp³-hybridized carbons (Fsp3) is 0.167. The molecule has 1 atom stereocenters. The molecule has 0 spiro atoms. The van der Waals surface area contributed by atoms with Gasteiger partial charge in [0.25, 0.3) is 5.56 Å². The topological polar surface area (TPSA) is 93.1 Å². The normalized spacial score (nSPS) is 17.1. The number of fused-ring (bicyclic) bond motifs is 4. The van der Waals surface area contributed by atoms with Gasteiger partial charge < -0.3 is 23.5 Å². The first-order chi connectivity index (χ1) is 18.4. The van der Waals surface area contributed by atoms with E-state index in [0.29, 0.717) is 39.5 Å². The number of carbonyl (C=O) groups excluding carboxylic acids is 2. The van der Waals surface area contributed by atoms with Crippen LogP contribution in [-0.4, -0.2) is 30.5 Å². The van der Waals surface area contributed by atoms with Crippen LogP contribution in [0.2, 0.25) is 0 Å². The van der Waals surface area contributed by atoms with E-state index in [9.17, 15) is 14.4 Å². The predicted octanol–water partition coefficient (Wildman–Crippen LogP) is 4.61. The van der Waals surface area contributed by atoms with E-state index >= 15 is 0 Å². The molecule has 0 amide bonds. The summed E-state index contributed by atoms with van der Waals surface area (Å²) in [5, 5.41) is 0.813. The van der Waals surface area contributed by atoms with Gasteiger partial charge in [-0.15, -0.1) is 0 Å². The standard InChI is InChI=1S/C30H23NO7/c1-31-23-14-19(36-3)9-6-17(23)13-22(30(31)34)21-15-26(32)37-24-11-10-20-28(33)25(38-29(20)27(21)24)12-16-4-7-18(35-2)8-5-16/h4-14,21H,15H2,1-3H3/b25-12-. The molecule has 3 aromatic carbocycles. The Morgan fingerprint density at radius 3 is 2.37 bits per heavy atom. The number of benzene rings is 3. The minimum atomic E-state index is -0.653. The molecule has 0 fully saturated rings. The lowest BCUT2D eigenvalue weighted by atomic mass is 9.84. The van der Waals surface area contributed by atoms with E-state index in [1.165, 1.54) is 4.57 Å². The van der Waals surface area contributed by atoms with Gasteiger partial charge in [-0.1, -0.05) is 12.1 Å². The Morgan fingerprint density at radius 1 is 0.895 bits per heavy atom. The molecule has 1 unspecified atom stereocenters. The summed E-state index contributed by atoms with van der Waals surface area (Å²) in [6.07, 6.45) is 1.59. The zero-order valence-corrected chi connectivity index (χ0v) is 20.9. The van der Waals surface area contributed by atoms with Gasteiger partial charge in [0.05, 0.1) is 31.7 Å². The SMILES string of the molecule is COc1ccc(/C=C2\Oc3c(ccc4c3C(c3cc5ccc(OC)cc5n(C)c3=O)CC(=O)O4)C2=O)cc1. The lowest BCUT2D eigenvalue weighted by Gasteiger charge is -2.26. The number of Topliss-reactive ketones (excluding diaryl/α,β-unsaturated/α-hetero) is 1. The third-order valence-electron chi connectivity index (χ3n) is 7.03. The van der Waals surface area contributed by atoms with Crippen molar-refractivity contribution >= 4 is 28.7 Å². The summed E-state index contributed by atoms with van der Waals surface area (Å²) in [5.41, 5.74) is 2.49. The first kappa shape index (κ1) is 23.5. The Morgan fingerprint density at radius 2 is 1.63 bits per heavy atom. The number of pyridine rings is 1. The third kappa shape index (κ3) is 3.73. The molecule has 3 heterocycles. The minimum Gasteiger partial charge on any atom is -0.497 e. The van der Waals surface area contributed by atoms with Crippen molar-refractivity contribution in [1.29, 1.82) is 0 Å². The van der Waals surface area contributed by atoms with Crippen LogP contribution < -0.4 is 24.5 Å². The number of aromatic nitrogens is 1. The number of allylic oxidation sites excluding steroid dienone is 1. The highest BCUT2D eigenvalue weighted by Gasteiger charge is 2.39. The Labute approximate surface area is 217 Å². The van der Waals surface area contributed by atoms with Crippen molar-refractivity contribution < 1.29 is 28.5 Å². The molecule has 8 nitrogen and oxygen atoms in total. The minimum absolute atomic E-state index is 0.0601. The summed E-state index contributed by atoms with van der Waals surface area (Å²) in [4.78, 5) is 39.4. The number of nitrogens with zero attached hydrogens (tertiary/aromatic N) is 1. The lowest BCUT2D eigenvalue weighted by Crippen LogP contribution is -2.29. The second kappa shape index (κ2) is 8.92. The van der Waals surface area contributed by atoms with Gasteiger partial charge in [-0.05, 0) is 59.5 Å². The first-order valence-corrected chi connectivity index (χ1v) is 12.0. The van der Waals surface area contributed by atoms with Crippen LogP contribution in [0.3, 0.4) is 0 Å². The van der Waals surface area contributed by atoms with Crippen molar-refractivity contribution in [2.45, 2.75) is 12.3 Å². The van der Waals surface area contributed by atoms with Crippen LogP contribution >= 0.6 is 0 Å². The molecule has 38 heavy (non-hydrogen) atoms. The molecule has 0 radical (unpaired) electrons. The van der Waals surface area contributed by atoms with Gasteiger partial charge in [0.15, 0.2) is 5.76 Å². The molecule has 2 aliphatic heterocycles. The van der Waals surface area contributed by atoms with E-state index in [1.807, 2.05) is 24.3 Å². The Hall–Kier alpha value is -4.85. The number of carbonyl (C=O) groups is 2. The highest BCUT2D eigenvalue weighted by molar-refractivity contribution is 6.15. The molecular formula is C30H23NO7. The highest BCUT2D eigenvalue weighted by Crippen LogP contribution is 2.48. The van der Waals surface area contributed by atoms with Gasteiger partial charge in [0.2, 0.25) is 5.78 Å². The van der Waals surface area contributed by atoms with Crippen LogP contribution in [0.25, 0.3) is 17.0 Å². The second-order valence-electron chi connectivity index (χ2n) is 9.19. The Balaban J connectivity index is 1.48. The van der Waals surface area contributed by atoms with Gasteiger partial charge in [0.1, 0.15) is 23.0 Å². The van der Waals surface area contributed by atoms with Crippen molar-refractivity contribution in [2.75, 3.05) is 14.2 Å². The van der Waals surface area contributed by atoms with Crippen LogP contribution in [0.15, 0.2) is 71.2 Å². The molecule has 1 aromatic heterocycles. The molecule has 190 valence electrons. The molecule has 4 aromatic rings. The van der Waals surface area contributed by atoms with E-state index in [0.717, 1.165) is 10.9 Å². The van der Waals surface area contributed by atoms with Gasteiger partial charge in [-0.25, -0.2) is 0 Å². The Bertz CT molecular complexity index is 1730. The number of ether oxygens (including phenoxy) is 4. The molecule has 0 saturated heterocycles. The number of rotatable bonds is 4. The Kier molecular flexibility index (Phi) is 5.52. The molecular weight excluding hydrogens is 486 g/mol. The molecule has 6 rings (SSSR count). The number of methoxy groups -OCH3 is 2. The van der Waals surface area contributed by atoms with Crippen LogP contribution in [0.1, 0.15) is 39.4 Å². The molecule has 2 aliphatic rings. The van der Waals surface area contributed by atoms with Crippen molar-refractivity contribution in [3.8, 4) is 23.0 Å². The first-order valence-electron chi connectivity index (χ1n) is 12.0. The number of hydrogen-bond acceptors (Lipinski definition) is 7. The van der Waals surface area contributed by atoms with Crippen LogP contribution in [0.5, 0.6) is 23.0 Å². The zero-order chi connectivity index (χ0) is 26.6. The maximum Gasteiger partial charge on any atom is 0.312 e. The number of esters is 1. The molecule has 0 bridgehead atoms. The van der Waals surface area contributed by atoms with Crippen molar-refractivity contribution in [3.63, 3.8) is 0 Å². The summed E-state index contributed by atoms with van der Waals surface area (Å²) in [6.45, 7) is 0.